The number of rotatable bonds is 5. The van der Waals surface area contributed by atoms with E-state index in [-0.39, 0.29) is 23.5 Å². The summed E-state index contributed by atoms with van der Waals surface area (Å²) in [5.74, 6) is 0.388. The third-order valence-electron chi connectivity index (χ3n) is 5.08. The predicted molar refractivity (Wildman–Crippen MR) is 115 cm³/mol. The third-order valence-corrected chi connectivity index (χ3v) is 7.72. The lowest BCUT2D eigenvalue weighted by atomic mass is 10.1. The maximum absolute atomic E-state index is 13.0. The summed E-state index contributed by atoms with van der Waals surface area (Å²) in [6.45, 7) is 6.51. The summed E-state index contributed by atoms with van der Waals surface area (Å²) in [5, 5.41) is 10.3. The molecule has 0 aliphatic carbocycles. The topological polar surface area (TPSA) is 93.9 Å². The zero-order chi connectivity index (χ0) is 20.8. The second-order valence-electron chi connectivity index (χ2n) is 7.92. The van der Waals surface area contributed by atoms with Gasteiger partial charge in [-0.3, -0.25) is 4.79 Å². The molecular weight excluding hydrogens is 408 g/mol. The van der Waals surface area contributed by atoms with Crippen molar-refractivity contribution in [2.75, 3.05) is 18.1 Å². The van der Waals surface area contributed by atoms with Gasteiger partial charge in [0.2, 0.25) is 0 Å². The van der Waals surface area contributed by atoms with Crippen molar-refractivity contribution in [3.05, 3.63) is 34.8 Å². The maximum Gasteiger partial charge on any atom is 0.252 e. The standard InChI is InChI=1S/C20H24N4O3S2/c1-12(2)10-21-20(25)15-9-16(17-5-4-7-28-17)22-19-18(15)13(3)23-24(19)14-6-8-29(26,27)11-14/h4-5,7,9,12,14H,6,8,10-11H2,1-3H3,(H,21,25). The highest BCUT2D eigenvalue weighted by molar-refractivity contribution is 7.91. The molecule has 0 aromatic carbocycles. The van der Waals surface area contributed by atoms with Crippen molar-refractivity contribution in [3.63, 3.8) is 0 Å². The highest BCUT2D eigenvalue weighted by atomic mass is 32.2. The van der Waals surface area contributed by atoms with E-state index in [9.17, 15) is 13.2 Å². The van der Waals surface area contributed by atoms with Gasteiger partial charge in [-0.15, -0.1) is 11.3 Å². The van der Waals surface area contributed by atoms with Crippen molar-refractivity contribution in [3.8, 4) is 10.6 Å². The number of carbonyl (C=O) groups is 1. The molecule has 1 amide bonds. The summed E-state index contributed by atoms with van der Waals surface area (Å²) in [6.07, 6.45) is 0.512. The van der Waals surface area contributed by atoms with Crippen LogP contribution in [-0.2, 0) is 9.84 Å². The Morgan fingerprint density at radius 2 is 2.21 bits per heavy atom. The van der Waals surface area contributed by atoms with Crippen LogP contribution < -0.4 is 5.32 Å². The number of nitrogens with one attached hydrogen (secondary N) is 1. The number of carbonyl (C=O) groups excluding carboxylic acids is 1. The second-order valence-corrected chi connectivity index (χ2v) is 11.1. The lowest BCUT2D eigenvalue weighted by Gasteiger charge is -2.12. The highest BCUT2D eigenvalue weighted by Crippen LogP contribution is 2.33. The molecular formula is C20H24N4O3S2. The molecule has 1 aliphatic rings. The van der Waals surface area contributed by atoms with Crippen LogP contribution in [0.4, 0.5) is 0 Å². The van der Waals surface area contributed by atoms with Crippen LogP contribution in [0, 0.1) is 12.8 Å². The maximum atomic E-state index is 13.0. The first kappa shape index (κ1) is 20.0. The minimum absolute atomic E-state index is 0.0585. The van der Waals surface area contributed by atoms with E-state index in [4.69, 9.17) is 4.98 Å². The van der Waals surface area contributed by atoms with Gasteiger partial charge >= 0.3 is 0 Å². The number of aromatic nitrogens is 3. The van der Waals surface area contributed by atoms with Crippen LogP contribution in [0.3, 0.4) is 0 Å². The van der Waals surface area contributed by atoms with Crippen LogP contribution in [0.5, 0.6) is 0 Å². The smallest absolute Gasteiger partial charge is 0.252 e. The number of thiophene rings is 1. The fourth-order valence-corrected chi connectivity index (χ4v) is 6.04. The predicted octanol–water partition coefficient (Wildman–Crippen LogP) is 3.21. The van der Waals surface area contributed by atoms with Crippen LogP contribution >= 0.6 is 11.3 Å². The van der Waals surface area contributed by atoms with Gasteiger partial charge in [-0.2, -0.15) is 5.10 Å². The zero-order valence-electron chi connectivity index (χ0n) is 16.7. The molecule has 0 radical (unpaired) electrons. The lowest BCUT2D eigenvalue weighted by molar-refractivity contribution is 0.0950. The van der Waals surface area contributed by atoms with Crippen molar-refractivity contribution in [2.45, 2.75) is 33.2 Å². The lowest BCUT2D eigenvalue weighted by Crippen LogP contribution is -2.27. The highest BCUT2D eigenvalue weighted by Gasteiger charge is 2.32. The van der Waals surface area contributed by atoms with E-state index in [1.807, 2.05) is 44.4 Å². The zero-order valence-corrected chi connectivity index (χ0v) is 18.3. The fourth-order valence-electron chi connectivity index (χ4n) is 3.66. The summed E-state index contributed by atoms with van der Waals surface area (Å²) >= 11 is 1.55. The Bertz CT molecular complexity index is 1160. The molecule has 7 nitrogen and oxygen atoms in total. The number of sulfone groups is 1. The monoisotopic (exact) mass is 432 g/mol. The number of amides is 1. The van der Waals surface area contributed by atoms with Crippen LogP contribution in [-0.4, -0.2) is 47.1 Å². The molecule has 0 bridgehead atoms. The summed E-state index contributed by atoms with van der Waals surface area (Å²) in [4.78, 5) is 18.8. The molecule has 154 valence electrons. The number of pyridine rings is 1. The molecule has 1 atom stereocenters. The average Bonchev–Trinajstić information content (AvgIpc) is 3.38. The molecule has 1 N–H and O–H groups in total. The molecule has 0 spiro atoms. The summed E-state index contributed by atoms with van der Waals surface area (Å²) in [7, 11) is -3.07. The molecule has 4 rings (SSSR count). The summed E-state index contributed by atoms with van der Waals surface area (Å²) in [6, 6.07) is 5.46. The number of nitrogens with zero attached hydrogens (tertiary/aromatic N) is 3. The quantitative estimate of drug-likeness (QED) is 0.668. The van der Waals surface area contributed by atoms with Gasteiger partial charge in [0.15, 0.2) is 15.5 Å². The normalized spacial score (nSPS) is 18.6. The molecule has 4 heterocycles. The van der Waals surface area contributed by atoms with Crippen molar-refractivity contribution in [1.29, 1.82) is 0 Å². The number of fused-ring (bicyclic) bond motifs is 1. The van der Waals surface area contributed by atoms with Gasteiger partial charge in [-0.25, -0.2) is 18.1 Å². The van der Waals surface area contributed by atoms with Gasteiger partial charge in [0.1, 0.15) is 0 Å². The number of hydrogen-bond acceptors (Lipinski definition) is 6. The fraction of sp³-hybridized carbons (Fsp3) is 0.450. The molecule has 3 aromatic rings. The van der Waals surface area contributed by atoms with Crippen LogP contribution in [0.1, 0.15) is 42.4 Å². The molecule has 1 aliphatic heterocycles. The van der Waals surface area contributed by atoms with Crippen LogP contribution in [0.2, 0.25) is 0 Å². The minimum Gasteiger partial charge on any atom is -0.352 e. The molecule has 1 fully saturated rings. The molecule has 9 heteroatoms. The van der Waals surface area contributed by atoms with E-state index in [2.05, 4.69) is 10.4 Å². The first-order valence-electron chi connectivity index (χ1n) is 9.67. The Morgan fingerprint density at radius 1 is 1.41 bits per heavy atom. The Hall–Kier alpha value is -2.26. The van der Waals surface area contributed by atoms with E-state index < -0.39 is 9.84 Å². The van der Waals surface area contributed by atoms with Gasteiger partial charge in [-0.05, 0) is 36.8 Å². The van der Waals surface area contributed by atoms with Crippen molar-refractivity contribution in [2.24, 2.45) is 5.92 Å². The second kappa shape index (κ2) is 7.53. The molecule has 29 heavy (non-hydrogen) atoms. The molecule has 1 unspecified atom stereocenters. The SMILES string of the molecule is Cc1nn(C2CCS(=O)(=O)C2)c2nc(-c3cccs3)cc(C(=O)NCC(C)C)c12. The van der Waals surface area contributed by atoms with Gasteiger partial charge < -0.3 is 5.32 Å². The average molecular weight is 433 g/mol. The Morgan fingerprint density at radius 3 is 2.83 bits per heavy atom. The molecule has 1 saturated heterocycles. The van der Waals surface area contributed by atoms with Crippen molar-refractivity contribution < 1.29 is 13.2 Å². The molecule has 0 saturated carbocycles. The summed E-state index contributed by atoms with van der Waals surface area (Å²) in [5.41, 5.74) is 2.49. The minimum atomic E-state index is -3.07. The summed E-state index contributed by atoms with van der Waals surface area (Å²) < 4.78 is 25.7. The van der Waals surface area contributed by atoms with Crippen molar-refractivity contribution in [1.82, 2.24) is 20.1 Å². The third kappa shape index (κ3) is 3.93. The van der Waals surface area contributed by atoms with E-state index in [0.717, 1.165) is 4.88 Å². The van der Waals surface area contributed by atoms with E-state index in [1.54, 1.807) is 16.0 Å². The van der Waals surface area contributed by atoms with E-state index in [0.29, 0.717) is 46.9 Å². The largest absolute Gasteiger partial charge is 0.352 e. The van der Waals surface area contributed by atoms with E-state index in [1.165, 1.54) is 0 Å². The number of aryl methyl sites for hydroxylation is 1. The van der Waals surface area contributed by atoms with Crippen LogP contribution in [0.15, 0.2) is 23.6 Å². The Balaban J connectivity index is 1.88. The van der Waals surface area contributed by atoms with Gasteiger partial charge in [0.05, 0.1) is 44.8 Å². The Labute approximate surface area is 174 Å². The first-order chi connectivity index (χ1) is 13.7. The Kier molecular flexibility index (Phi) is 5.20. The van der Waals surface area contributed by atoms with Crippen LogP contribution in [0.25, 0.3) is 21.6 Å². The van der Waals surface area contributed by atoms with Gasteiger partial charge in [0.25, 0.3) is 5.91 Å². The van der Waals surface area contributed by atoms with Crippen molar-refractivity contribution >= 4 is 38.1 Å². The first-order valence-corrected chi connectivity index (χ1v) is 12.4. The van der Waals surface area contributed by atoms with E-state index >= 15 is 0 Å². The van der Waals surface area contributed by atoms with Gasteiger partial charge in [0, 0.05) is 6.54 Å². The number of hydrogen-bond donors (Lipinski definition) is 1. The molecule has 3 aromatic heterocycles. The van der Waals surface area contributed by atoms with Gasteiger partial charge in [-0.1, -0.05) is 19.9 Å².